The molecule has 96 valence electrons. The average molecular weight is 242 g/mol. The molecule has 1 aliphatic heterocycles. The summed E-state index contributed by atoms with van der Waals surface area (Å²) < 4.78 is 0. The molecule has 0 unspecified atom stereocenters. The van der Waals surface area contributed by atoms with Gasteiger partial charge in [0, 0.05) is 19.6 Å². The van der Waals surface area contributed by atoms with E-state index in [1.807, 2.05) is 0 Å². The number of benzene rings is 1. The molecule has 2 rings (SSSR count). The van der Waals surface area contributed by atoms with Crippen LogP contribution in [0.5, 0.6) is 0 Å². The fourth-order valence-electron chi connectivity index (χ4n) is 2.71. The van der Waals surface area contributed by atoms with E-state index in [-0.39, 0.29) is 0 Å². The normalized spacial score (nSPS) is 20.2. The number of terminal acetylenes is 1. The van der Waals surface area contributed by atoms with E-state index in [2.05, 4.69) is 53.1 Å². The van der Waals surface area contributed by atoms with Gasteiger partial charge < -0.3 is 0 Å². The Kier molecular flexibility index (Phi) is 4.81. The maximum absolute atomic E-state index is 5.33. The van der Waals surface area contributed by atoms with Crippen LogP contribution in [0.1, 0.15) is 12.0 Å². The Morgan fingerprint density at radius 1 is 1.39 bits per heavy atom. The van der Waals surface area contributed by atoms with E-state index in [4.69, 9.17) is 6.42 Å². The van der Waals surface area contributed by atoms with Crippen molar-refractivity contribution < 1.29 is 0 Å². The van der Waals surface area contributed by atoms with Gasteiger partial charge in [-0.15, -0.1) is 6.42 Å². The van der Waals surface area contributed by atoms with Crippen molar-refractivity contribution in [3.05, 3.63) is 35.9 Å². The number of nitrogens with zero attached hydrogens (tertiary/aromatic N) is 2. The van der Waals surface area contributed by atoms with Crippen LogP contribution < -0.4 is 0 Å². The molecule has 1 aromatic rings. The third-order valence-electron chi connectivity index (χ3n) is 3.55. The van der Waals surface area contributed by atoms with Crippen LogP contribution in [0.3, 0.4) is 0 Å². The van der Waals surface area contributed by atoms with Gasteiger partial charge in [0.15, 0.2) is 0 Å². The lowest BCUT2D eigenvalue weighted by Crippen LogP contribution is -2.28. The minimum Gasteiger partial charge on any atom is -0.299 e. The Hall–Kier alpha value is -1.30. The fourth-order valence-corrected chi connectivity index (χ4v) is 2.71. The zero-order chi connectivity index (χ0) is 12.8. The van der Waals surface area contributed by atoms with Gasteiger partial charge in [0.1, 0.15) is 0 Å². The van der Waals surface area contributed by atoms with Crippen LogP contribution in [0.15, 0.2) is 30.3 Å². The number of hydrogen-bond donors (Lipinski definition) is 0. The molecule has 2 heteroatoms. The Morgan fingerprint density at radius 2 is 2.17 bits per heavy atom. The summed E-state index contributed by atoms with van der Waals surface area (Å²) in [6.07, 6.45) is 6.62. The predicted octanol–water partition coefficient (Wildman–Crippen LogP) is 2.07. The Labute approximate surface area is 111 Å². The van der Waals surface area contributed by atoms with Crippen molar-refractivity contribution in [1.29, 1.82) is 0 Å². The number of likely N-dealkylation sites (tertiary alicyclic amines) is 1. The average Bonchev–Trinajstić information content (AvgIpc) is 2.78. The SMILES string of the molecule is C#CCN(C)C[C@H]1CCN(Cc2ccccc2)C1. The highest BCUT2D eigenvalue weighted by Crippen LogP contribution is 2.19. The van der Waals surface area contributed by atoms with Crippen molar-refractivity contribution in [3.8, 4) is 12.3 Å². The summed E-state index contributed by atoms with van der Waals surface area (Å²) in [7, 11) is 2.11. The van der Waals surface area contributed by atoms with Crippen molar-refractivity contribution in [2.45, 2.75) is 13.0 Å². The van der Waals surface area contributed by atoms with Crippen LogP contribution in [0, 0.1) is 18.3 Å². The van der Waals surface area contributed by atoms with Crippen LogP contribution in [0.25, 0.3) is 0 Å². The van der Waals surface area contributed by atoms with Gasteiger partial charge in [0.2, 0.25) is 0 Å². The molecule has 0 radical (unpaired) electrons. The van der Waals surface area contributed by atoms with E-state index in [0.29, 0.717) is 0 Å². The van der Waals surface area contributed by atoms with Gasteiger partial charge in [-0.3, -0.25) is 9.80 Å². The summed E-state index contributed by atoms with van der Waals surface area (Å²) in [5, 5.41) is 0. The molecule has 0 N–H and O–H groups in total. The van der Waals surface area contributed by atoms with Gasteiger partial charge in [-0.05, 0) is 31.5 Å². The molecule has 0 saturated carbocycles. The molecule has 18 heavy (non-hydrogen) atoms. The van der Waals surface area contributed by atoms with Gasteiger partial charge in [-0.1, -0.05) is 36.3 Å². The Balaban J connectivity index is 1.77. The van der Waals surface area contributed by atoms with Crippen molar-refractivity contribution >= 4 is 0 Å². The van der Waals surface area contributed by atoms with Crippen LogP contribution >= 0.6 is 0 Å². The first kappa shape index (κ1) is 13.1. The van der Waals surface area contributed by atoms with E-state index in [0.717, 1.165) is 25.6 Å². The number of hydrogen-bond acceptors (Lipinski definition) is 2. The first-order chi connectivity index (χ1) is 8.78. The second-order valence-electron chi connectivity index (χ2n) is 5.28. The fraction of sp³-hybridized carbons (Fsp3) is 0.500. The summed E-state index contributed by atoms with van der Waals surface area (Å²) in [5.41, 5.74) is 1.41. The maximum Gasteiger partial charge on any atom is 0.0596 e. The lowest BCUT2D eigenvalue weighted by Gasteiger charge is -2.19. The van der Waals surface area contributed by atoms with E-state index >= 15 is 0 Å². The first-order valence-corrected chi connectivity index (χ1v) is 6.66. The Bertz CT molecular complexity index is 393. The minimum absolute atomic E-state index is 0.759. The highest BCUT2D eigenvalue weighted by Gasteiger charge is 2.23. The van der Waals surface area contributed by atoms with Gasteiger partial charge in [0.25, 0.3) is 0 Å². The molecule has 1 aliphatic rings. The largest absolute Gasteiger partial charge is 0.299 e. The quantitative estimate of drug-likeness (QED) is 0.729. The molecule has 1 saturated heterocycles. The monoisotopic (exact) mass is 242 g/mol. The van der Waals surface area contributed by atoms with Gasteiger partial charge in [-0.2, -0.15) is 0 Å². The lowest BCUT2D eigenvalue weighted by atomic mass is 10.1. The third-order valence-corrected chi connectivity index (χ3v) is 3.55. The molecule has 0 bridgehead atoms. The molecule has 1 heterocycles. The second kappa shape index (κ2) is 6.58. The minimum atomic E-state index is 0.759. The van der Waals surface area contributed by atoms with Crippen LogP contribution in [0.4, 0.5) is 0 Å². The van der Waals surface area contributed by atoms with E-state index < -0.39 is 0 Å². The molecule has 0 amide bonds. The summed E-state index contributed by atoms with van der Waals surface area (Å²) in [6.45, 7) is 5.37. The highest BCUT2D eigenvalue weighted by molar-refractivity contribution is 5.14. The zero-order valence-corrected chi connectivity index (χ0v) is 11.2. The van der Waals surface area contributed by atoms with E-state index in [1.165, 1.54) is 25.1 Å². The summed E-state index contributed by atoms with van der Waals surface area (Å²) in [4.78, 5) is 4.79. The molecule has 2 nitrogen and oxygen atoms in total. The van der Waals surface area contributed by atoms with Crippen molar-refractivity contribution in [2.75, 3.05) is 33.2 Å². The number of rotatable bonds is 5. The topological polar surface area (TPSA) is 6.48 Å². The van der Waals surface area contributed by atoms with Gasteiger partial charge >= 0.3 is 0 Å². The molecule has 1 atom stereocenters. The molecule has 0 aliphatic carbocycles. The van der Waals surface area contributed by atoms with Crippen molar-refractivity contribution in [1.82, 2.24) is 9.80 Å². The summed E-state index contributed by atoms with van der Waals surface area (Å²) >= 11 is 0. The summed E-state index contributed by atoms with van der Waals surface area (Å²) in [6, 6.07) is 10.7. The summed E-state index contributed by atoms with van der Waals surface area (Å²) in [5.74, 6) is 3.48. The first-order valence-electron chi connectivity index (χ1n) is 6.66. The second-order valence-corrected chi connectivity index (χ2v) is 5.28. The highest BCUT2D eigenvalue weighted by atomic mass is 15.2. The van der Waals surface area contributed by atoms with Gasteiger partial charge in [0.05, 0.1) is 6.54 Å². The van der Waals surface area contributed by atoms with Crippen LogP contribution in [-0.2, 0) is 6.54 Å². The zero-order valence-electron chi connectivity index (χ0n) is 11.2. The van der Waals surface area contributed by atoms with E-state index in [9.17, 15) is 0 Å². The molecule has 1 fully saturated rings. The lowest BCUT2D eigenvalue weighted by molar-refractivity contribution is 0.276. The van der Waals surface area contributed by atoms with E-state index in [1.54, 1.807) is 0 Å². The standard InChI is InChI=1S/C16H22N2/c1-3-10-17(2)12-16-9-11-18(14-16)13-15-7-5-4-6-8-15/h1,4-8,16H,9-14H2,2H3/t16-/m1/s1. The van der Waals surface area contributed by atoms with Gasteiger partial charge in [-0.25, -0.2) is 0 Å². The smallest absolute Gasteiger partial charge is 0.0596 e. The third kappa shape index (κ3) is 3.87. The predicted molar refractivity (Wildman–Crippen MR) is 76.2 cm³/mol. The molecule has 0 spiro atoms. The molecule has 0 aromatic heterocycles. The molecule has 1 aromatic carbocycles. The van der Waals surface area contributed by atoms with Crippen LogP contribution in [0.2, 0.25) is 0 Å². The van der Waals surface area contributed by atoms with Crippen LogP contribution in [-0.4, -0.2) is 43.0 Å². The van der Waals surface area contributed by atoms with Crippen molar-refractivity contribution in [3.63, 3.8) is 0 Å². The Morgan fingerprint density at radius 3 is 2.89 bits per heavy atom. The molecular formula is C16H22N2. The maximum atomic E-state index is 5.33. The molecular weight excluding hydrogens is 220 g/mol. The van der Waals surface area contributed by atoms with Crippen molar-refractivity contribution in [2.24, 2.45) is 5.92 Å².